The highest BCUT2D eigenvalue weighted by atomic mass is 35.5. The summed E-state index contributed by atoms with van der Waals surface area (Å²) in [5.41, 5.74) is 1.05. The standard InChI is InChI=1S/C13H8ClN3O2/c14-11-9-6-7-10(13(18)19)15-12(9)16-17(11)8-4-2-1-3-5-8/h1-7H,(H,18,19). The average Bonchev–Trinajstić information content (AvgIpc) is 2.76. The zero-order chi connectivity index (χ0) is 13.4. The van der Waals surface area contributed by atoms with Gasteiger partial charge in [0, 0.05) is 0 Å². The molecule has 94 valence electrons. The monoisotopic (exact) mass is 273 g/mol. The molecule has 0 fully saturated rings. The Balaban J connectivity index is 2.23. The molecule has 0 aliphatic carbocycles. The zero-order valence-corrected chi connectivity index (χ0v) is 10.4. The van der Waals surface area contributed by atoms with Crippen LogP contribution in [0.3, 0.4) is 0 Å². The van der Waals surface area contributed by atoms with Crippen LogP contribution in [-0.4, -0.2) is 25.8 Å². The van der Waals surface area contributed by atoms with Crippen LogP contribution in [0.2, 0.25) is 5.15 Å². The van der Waals surface area contributed by atoms with Crippen molar-refractivity contribution in [3.8, 4) is 5.69 Å². The zero-order valence-electron chi connectivity index (χ0n) is 9.62. The smallest absolute Gasteiger partial charge is 0.354 e. The molecule has 0 bridgehead atoms. The summed E-state index contributed by atoms with van der Waals surface area (Å²) in [6.07, 6.45) is 0. The van der Waals surface area contributed by atoms with Crippen LogP contribution in [0.5, 0.6) is 0 Å². The minimum absolute atomic E-state index is 0.0538. The Labute approximate surface area is 113 Å². The summed E-state index contributed by atoms with van der Waals surface area (Å²) >= 11 is 6.24. The number of carboxylic acid groups (broad SMARTS) is 1. The van der Waals surface area contributed by atoms with E-state index >= 15 is 0 Å². The number of benzene rings is 1. The molecule has 0 spiro atoms. The molecule has 0 unspecified atom stereocenters. The van der Waals surface area contributed by atoms with E-state index in [1.54, 1.807) is 6.07 Å². The van der Waals surface area contributed by atoms with Crippen LogP contribution in [0.15, 0.2) is 42.5 Å². The van der Waals surface area contributed by atoms with Crippen molar-refractivity contribution in [1.82, 2.24) is 14.8 Å². The maximum Gasteiger partial charge on any atom is 0.354 e. The van der Waals surface area contributed by atoms with Crippen molar-refractivity contribution in [2.45, 2.75) is 0 Å². The summed E-state index contributed by atoms with van der Waals surface area (Å²) in [7, 11) is 0. The second-order valence-corrected chi connectivity index (χ2v) is 4.27. The van der Waals surface area contributed by atoms with Gasteiger partial charge in [0.25, 0.3) is 0 Å². The fraction of sp³-hybridized carbons (Fsp3) is 0. The Morgan fingerprint density at radius 1 is 1.16 bits per heavy atom. The Kier molecular flexibility index (Phi) is 2.68. The van der Waals surface area contributed by atoms with E-state index in [1.165, 1.54) is 10.7 Å². The second-order valence-electron chi connectivity index (χ2n) is 3.91. The summed E-state index contributed by atoms with van der Waals surface area (Å²) < 4.78 is 1.53. The van der Waals surface area contributed by atoms with Crippen molar-refractivity contribution in [2.24, 2.45) is 0 Å². The predicted octanol–water partition coefficient (Wildman–Crippen LogP) is 2.77. The Morgan fingerprint density at radius 2 is 1.89 bits per heavy atom. The maximum absolute atomic E-state index is 10.9. The third-order valence-electron chi connectivity index (χ3n) is 2.70. The number of carboxylic acids is 1. The van der Waals surface area contributed by atoms with Crippen molar-refractivity contribution in [2.75, 3.05) is 0 Å². The number of hydrogen-bond donors (Lipinski definition) is 1. The van der Waals surface area contributed by atoms with Crippen LogP contribution in [0.1, 0.15) is 10.5 Å². The maximum atomic E-state index is 10.9. The summed E-state index contributed by atoms with van der Waals surface area (Å²) in [6, 6.07) is 12.4. The lowest BCUT2D eigenvalue weighted by molar-refractivity contribution is 0.0691. The van der Waals surface area contributed by atoms with Gasteiger partial charge in [-0.05, 0) is 24.3 Å². The molecule has 1 aromatic carbocycles. The fourth-order valence-electron chi connectivity index (χ4n) is 1.80. The first-order valence-corrected chi connectivity index (χ1v) is 5.88. The van der Waals surface area contributed by atoms with Crippen molar-refractivity contribution in [1.29, 1.82) is 0 Å². The molecule has 3 rings (SSSR count). The highest BCUT2D eigenvalue weighted by Crippen LogP contribution is 2.25. The van der Waals surface area contributed by atoms with Gasteiger partial charge < -0.3 is 5.11 Å². The van der Waals surface area contributed by atoms with Gasteiger partial charge in [-0.1, -0.05) is 29.8 Å². The highest BCUT2D eigenvalue weighted by Gasteiger charge is 2.14. The first-order valence-electron chi connectivity index (χ1n) is 5.51. The number of halogens is 1. The number of fused-ring (bicyclic) bond motifs is 1. The lowest BCUT2D eigenvalue weighted by atomic mass is 10.3. The van der Waals surface area contributed by atoms with Crippen molar-refractivity contribution >= 4 is 28.6 Å². The molecule has 19 heavy (non-hydrogen) atoms. The molecule has 3 aromatic rings. The molecule has 5 nitrogen and oxygen atoms in total. The van der Waals surface area contributed by atoms with Gasteiger partial charge in [0.1, 0.15) is 5.15 Å². The number of aromatic nitrogens is 3. The number of carbonyl (C=O) groups is 1. The molecule has 0 atom stereocenters. The Hall–Kier alpha value is -2.40. The third-order valence-corrected chi connectivity index (χ3v) is 3.06. The van der Waals surface area contributed by atoms with Crippen LogP contribution in [-0.2, 0) is 0 Å². The second kappa shape index (κ2) is 4.37. The highest BCUT2D eigenvalue weighted by molar-refractivity contribution is 6.34. The van der Waals surface area contributed by atoms with E-state index in [0.717, 1.165) is 5.69 Å². The number of aromatic carboxylic acids is 1. The molecular weight excluding hydrogens is 266 g/mol. The van der Waals surface area contributed by atoms with Crippen molar-refractivity contribution in [3.63, 3.8) is 0 Å². The Bertz CT molecular complexity index is 768. The SMILES string of the molecule is O=C(O)c1ccc2c(Cl)n(-c3ccccc3)nc2n1. The van der Waals surface area contributed by atoms with Gasteiger partial charge in [0.2, 0.25) is 0 Å². The summed E-state index contributed by atoms with van der Waals surface area (Å²) in [5, 5.41) is 14.2. The van der Waals surface area contributed by atoms with Crippen LogP contribution >= 0.6 is 11.6 Å². The molecule has 2 aromatic heterocycles. The molecule has 0 amide bonds. The Morgan fingerprint density at radius 3 is 2.58 bits per heavy atom. The summed E-state index contributed by atoms with van der Waals surface area (Å²) in [4.78, 5) is 14.8. The van der Waals surface area contributed by atoms with Crippen LogP contribution in [0.4, 0.5) is 0 Å². The molecule has 0 saturated carbocycles. The fourth-order valence-corrected chi connectivity index (χ4v) is 2.08. The molecule has 2 heterocycles. The van der Waals surface area contributed by atoms with E-state index in [1.807, 2.05) is 30.3 Å². The van der Waals surface area contributed by atoms with Crippen LogP contribution < -0.4 is 0 Å². The van der Waals surface area contributed by atoms with Gasteiger partial charge in [-0.25, -0.2) is 14.5 Å². The number of para-hydroxylation sites is 1. The van der Waals surface area contributed by atoms with Crippen LogP contribution in [0, 0.1) is 0 Å². The number of nitrogens with zero attached hydrogens (tertiary/aromatic N) is 3. The van der Waals surface area contributed by atoms with Gasteiger partial charge in [-0.15, -0.1) is 5.10 Å². The first kappa shape index (κ1) is 11.7. The molecule has 6 heteroatoms. The topological polar surface area (TPSA) is 68.0 Å². The van der Waals surface area contributed by atoms with E-state index in [4.69, 9.17) is 16.7 Å². The molecule has 0 radical (unpaired) electrons. The minimum Gasteiger partial charge on any atom is -0.477 e. The van der Waals surface area contributed by atoms with E-state index in [0.29, 0.717) is 16.2 Å². The van der Waals surface area contributed by atoms with E-state index in [9.17, 15) is 4.79 Å². The van der Waals surface area contributed by atoms with Gasteiger partial charge in [-0.3, -0.25) is 0 Å². The minimum atomic E-state index is -1.09. The molecule has 0 aliphatic heterocycles. The molecule has 1 N–H and O–H groups in total. The largest absolute Gasteiger partial charge is 0.477 e. The lowest BCUT2D eigenvalue weighted by Gasteiger charge is -2.00. The third kappa shape index (κ3) is 1.94. The quantitative estimate of drug-likeness (QED) is 0.779. The first-order chi connectivity index (χ1) is 9.16. The predicted molar refractivity (Wildman–Crippen MR) is 70.8 cm³/mol. The van der Waals surface area contributed by atoms with Crippen molar-refractivity contribution < 1.29 is 9.90 Å². The number of hydrogen-bond acceptors (Lipinski definition) is 3. The lowest BCUT2D eigenvalue weighted by Crippen LogP contribution is -1.99. The van der Waals surface area contributed by atoms with Gasteiger partial charge in [0.05, 0.1) is 11.1 Å². The molecular formula is C13H8ClN3O2. The van der Waals surface area contributed by atoms with Gasteiger partial charge in [0.15, 0.2) is 11.3 Å². The molecule has 0 saturated heterocycles. The van der Waals surface area contributed by atoms with Gasteiger partial charge >= 0.3 is 5.97 Å². The van der Waals surface area contributed by atoms with Crippen molar-refractivity contribution in [3.05, 3.63) is 53.3 Å². The summed E-state index contributed by atoms with van der Waals surface area (Å²) in [6.45, 7) is 0. The average molecular weight is 274 g/mol. The number of pyridine rings is 1. The van der Waals surface area contributed by atoms with E-state index in [-0.39, 0.29) is 5.69 Å². The van der Waals surface area contributed by atoms with Crippen LogP contribution in [0.25, 0.3) is 16.7 Å². The summed E-state index contributed by atoms with van der Waals surface area (Å²) in [5.74, 6) is -1.09. The molecule has 0 aliphatic rings. The normalized spacial score (nSPS) is 10.8. The van der Waals surface area contributed by atoms with E-state index < -0.39 is 5.97 Å². The van der Waals surface area contributed by atoms with Gasteiger partial charge in [-0.2, -0.15) is 0 Å². The van der Waals surface area contributed by atoms with E-state index in [2.05, 4.69) is 10.1 Å². The number of rotatable bonds is 2.